The summed E-state index contributed by atoms with van der Waals surface area (Å²) in [5, 5.41) is 11.4. The molecule has 2 aromatic rings. The predicted octanol–water partition coefficient (Wildman–Crippen LogP) is 3.13. The molecule has 4 nitrogen and oxygen atoms in total. The van der Waals surface area contributed by atoms with E-state index in [1.165, 1.54) is 18.2 Å². The summed E-state index contributed by atoms with van der Waals surface area (Å²) in [6, 6.07) is 5.31. The molecule has 2 rings (SSSR count). The predicted molar refractivity (Wildman–Crippen MR) is 67.4 cm³/mol. The Morgan fingerprint density at radius 2 is 1.70 bits per heavy atom. The number of benzene rings is 2. The van der Waals surface area contributed by atoms with E-state index in [0.29, 0.717) is 0 Å². The fourth-order valence-electron chi connectivity index (χ4n) is 1.58. The number of carbonyl (C=O) groups is 1. The number of halogens is 3. The zero-order chi connectivity index (χ0) is 14.9. The van der Waals surface area contributed by atoms with Crippen LogP contribution in [0.2, 0.25) is 0 Å². The second-order valence-corrected chi connectivity index (χ2v) is 3.99. The fraction of sp³-hybridized carbons (Fsp3) is 0. The van der Waals surface area contributed by atoms with Crippen molar-refractivity contribution in [2.24, 2.45) is 0 Å². The molecule has 0 aromatic heterocycles. The smallest absolute Gasteiger partial charge is 0.335 e. The molecule has 4 N–H and O–H groups in total. The van der Waals surface area contributed by atoms with Crippen LogP contribution in [0.25, 0.3) is 0 Å². The highest BCUT2D eigenvalue weighted by atomic mass is 19.2. The Balaban J connectivity index is 2.39. The van der Waals surface area contributed by atoms with Crippen molar-refractivity contribution < 1.29 is 23.1 Å². The van der Waals surface area contributed by atoms with Gasteiger partial charge in [-0.25, -0.2) is 18.0 Å². The van der Waals surface area contributed by atoms with E-state index >= 15 is 0 Å². The minimum Gasteiger partial charge on any atom is -0.478 e. The average molecular weight is 282 g/mol. The van der Waals surface area contributed by atoms with Crippen LogP contribution in [-0.4, -0.2) is 11.1 Å². The first-order valence-corrected chi connectivity index (χ1v) is 5.43. The SMILES string of the molecule is Nc1ccc(C(=O)O)cc1Nc1cc(F)c(F)c(F)c1. The van der Waals surface area contributed by atoms with E-state index in [0.717, 1.165) is 12.1 Å². The highest BCUT2D eigenvalue weighted by Gasteiger charge is 2.12. The number of hydrogen-bond donors (Lipinski definition) is 3. The van der Waals surface area contributed by atoms with Crippen molar-refractivity contribution in [1.29, 1.82) is 0 Å². The normalized spacial score (nSPS) is 10.3. The molecule has 7 heteroatoms. The third-order valence-electron chi connectivity index (χ3n) is 2.56. The van der Waals surface area contributed by atoms with Crippen LogP contribution in [0.15, 0.2) is 30.3 Å². The van der Waals surface area contributed by atoms with Gasteiger partial charge in [-0.1, -0.05) is 0 Å². The van der Waals surface area contributed by atoms with Gasteiger partial charge in [0.1, 0.15) is 0 Å². The topological polar surface area (TPSA) is 75.4 Å². The quantitative estimate of drug-likeness (QED) is 0.597. The zero-order valence-corrected chi connectivity index (χ0v) is 9.95. The Morgan fingerprint density at radius 3 is 2.25 bits per heavy atom. The largest absolute Gasteiger partial charge is 0.478 e. The van der Waals surface area contributed by atoms with Crippen molar-refractivity contribution in [3.8, 4) is 0 Å². The first-order chi connectivity index (χ1) is 9.38. The molecule has 0 radical (unpaired) electrons. The lowest BCUT2D eigenvalue weighted by Crippen LogP contribution is -2.02. The maximum absolute atomic E-state index is 13.1. The van der Waals surface area contributed by atoms with Crippen molar-refractivity contribution in [2.75, 3.05) is 11.1 Å². The molecule has 0 aliphatic rings. The number of nitrogens with one attached hydrogen (secondary N) is 1. The number of nitrogens with two attached hydrogens (primary N) is 1. The van der Waals surface area contributed by atoms with Gasteiger partial charge in [0.05, 0.1) is 16.9 Å². The summed E-state index contributed by atoms with van der Waals surface area (Å²) in [4.78, 5) is 10.8. The van der Waals surface area contributed by atoms with E-state index in [2.05, 4.69) is 5.32 Å². The van der Waals surface area contributed by atoms with Crippen LogP contribution in [-0.2, 0) is 0 Å². The molecule has 0 fully saturated rings. The molecule has 0 saturated heterocycles. The van der Waals surface area contributed by atoms with Gasteiger partial charge in [-0.3, -0.25) is 0 Å². The first-order valence-electron chi connectivity index (χ1n) is 5.43. The van der Waals surface area contributed by atoms with E-state index in [1.54, 1.807) is 0 Å². The second kappa shape index (κ2) is 5.12. The number of hydrogen-bond acceptors (Lipinski definition) is 3. The van der Waals surface area contributed by atoms with Crippen LogP contribution < -0.4 is 11.1 Å². The van der Waals surface area contributed by atoms with E-state index in [1.807, 2.05) is 0 Å². The van der Waals surface area contributed by atoms with E-state index in [-0.39, 0.29) is 22.6 Å². The van der Waals surface area contributed by atoms with Gasteiger partial charge in [-0.2, -0.15) is 0 Å². The highest BCUT2D eigenvalue weighted by molar-refractivity contribution is 5.91. The third kappa shape index (κ3) is 2.66. The summed E-state index contributed by atoms with van der Waals surface area (Å²) in [7, 11) is 0. The van der Waals surface area contributed by atoms with Crippen molar-refractivity contribution in [3.63, 3.8) is 0 Å². The number of rotatable bonds is 3. The van der Waals surface area contributed by atoms with Crippen LogP contribution in [0.3, 0.4) is 0 Å². The van der Waals surface area contributed by atoms with Crippen LogP contribution in [0.5, 0.6) is 0 Å². The van der Waals surface area contributed by atoms with E-state index in [9.17, 15) is 18.0 Å². The Kier molecular flexibility index (Phi) is 3.51. The Labute approximate surface area is 111 Å². The molecule has 0 unspecified atom stereocenters. The van der Waals surface area contributed by atoms with Crippen molar-refractivity contribution in [3.05, 3.63) is 53.3 Å². The monoisotopic (exact) mass is 282 g/mol. The Bertz CT molecular complexity index is 666. The summed E-state index contributed by atoms with van der Waals surface area (Å²) >= 11 is 0. The van der Waals surface area contributed by atoms with Crippen molar-refractivity contribution >= 4 is 23.0 Å². The van der Waals surface area contributed by atoms with Crippen molar-refractivity contribution in [1.82, 2.24) is 0 Å². The Morgan fingerprint density at radius 1 is 1.10 bits per heavy atom. The summed E-state index contributed by atoms with van der Waals surface area (Å²) in [5.41, 5.74) is 5.82. The molecular formula is C13H9F3N2O2. The number of aromatic carboxylic acids is 1. The maximum atomic E-state index is 13.1. The van der Waals surface area contributed by atoms with E-state index < -0.39 is 23.4 Å². The van der Waals surface area contributed by atoms with Gasteiger partial charge in [0.15, 0.2) is 17.5 Å². The lowest BCUT2D eigenvalue weighted by Gasteiger charge is -2.11. The second-order valence-electron chi connectivity index (χ2n) is 3.99. The minimum absolute atomic E-state index is 0.0512. The maximum Gasteiger partial charge on any atom is 0.335 e. The van der Waals surface area contributed by atoms with Gasteiger partial charge in [0.2, 0.25) is 0 Å². The lowest BCUT2D eigenvalue weighted by molar-refractivity contribution is 0.0697. The van der Waals surface area contributed by atoms with Gasteiger partial charge in [0.25, 0.3) is 0 Å². The molecule has 0 aliphatic carbocycles. The van der Waals surface area contributed by atoms with Gasteiger partial charge < -0.3 is 16.2 Å². The van der Waals surface area contributed by atoms with Gasteiger partial charge in [-0.05, 0) is 18.2 Å². The molecule has 20 heavy (non-hydrogen) atoms. The number of carboxylic acids is 1. The van der Waals surface area contributed by atoms with Crippen LogP contribution in [0, 0.1) is 17.5 Å². The molecule has 0 heterocycles. The third-order valence-corrected chi connectivity index (χ3v) is 2.56. The summed E-state index contributed by atoms with van der Waals surface area (Å²) in [6.45, 7) is 0. The summed E-state index contributed by atoms with van der Waals surface area (Å²) in [6.07, 6.45) is 0. The van der Waals surface area contributed by atoms with Gasteiger partial charge in [0, 0.05) is 17.8 Å². The number of carboxylic acid groups (broad SMARTS) is 1. The molecule has 0 bridgehead atoms. The average Bonchev–Trinajstić information content (AvgIpc) is 2.38. The fourth-order valence-corrected chi connectivity index (χ4v) is 1.58. The summed E-state index contributed by atoms with van der Waals surface area (Å²) in [5.74, 6) is -5.48. The molecule has 104 valence electrons. The molecule has 0 aliphatic heterocycles. The summed E-state index contributed by atoms with van der Waals surface area (Å²) < 4.78 is 39.0. The Hall–Kier alpha value is -2.70. The molecule has 2 aromatic carbocycles. The minimum atomic E-state index is -1.58. The lowest BCUT2D eigenvalue weighted by atomic mass is 10.1. The molecule has 0 atom stereocenters. The number of anilines is 3. The van der Waals surface area contributed by atoms with Crippen LogP contribution in [0.4, 0.5) is 30.2 Å². The highest BCUT2D eigenvalue weighted by Crippen LogP contribution is 2.26. The molecular weight excluding hydrogens is 273 g/mol. The molecule has 0 saturated carbocycles. The standard InChI is InChI=1S/C13H9F3N2O2/c14-8-4-7(5-9(15)12(8)16)18-11-3-6(13(19)20)1-2-10(11)17/h1-5,18H,17H2,(H,19,20). The number of nitrogen functional groups attached to an aromatic ring is 1. The zero-order valence-electron chi connectivity index (χ0n) is 9.95. The van der Waals surface area contributed by atoms with E-state index in [4.69, 9.17) is 10.8 Å². The van der Waals surface area contributed by atoms with Crippen LogP contribution >= 0.6 is 0 Å². The first kappa shape index (κ1) is 13.7. The molecule has 0 amide bonds. The van der Waals surface area contributed by atoms with Crippen molar-refractivity contribution in [2.45, 2.75) is 0 Å². The van der Waals surface area contributed by atoms with Crippen LogP contribution in [0.1, 0.15) is 10.4 Å². The van der Waals surface area contributed by atoms with Gasteiger partial charge in [-0.15, -0.1) is 0 Å². The van der Waals surface area contributed by atoms with Gasteiger partial charge >= 0.3 is 5.97 Å². The molecule has 0 spiro atoms.